The molecule has 4 rings (SSSR count). The number of hydrogen-bond donors (Lipinski definition) is 1. The van der Waals surface area contributed by atoms with Crippen LogP contribution in [0.1, 0.15) is 24.8 Å². The zero-order valence-corrected chi connectivity index (χ0v) is 16.2. The minimum absolute atomic E-state index is 0.370. The fraction of sp³-hybridized carbons (Fsp3) is 0.333. The Morgan fingerprint density at radius 2 is 1.89 bits per heavy atom. The lowest BCUT2D eigenvalue weighted by Crippen LogP contribution is -2.51. The highest BCUT2D eigenvalue weighted by Gasteiger charge is 2.54. The second-order valence-electron chi connectivity index (χ2n) is 7.34. The molecule has 2 heterocycles. The van der Waals surface area contributed by atoms with Crippen molar-refractivity contribution in [2.45, 2.75) is 35.6 Å². The number of benzene rings is 2. The second-order valence-corrected chi connectivity index (χ2v) is 9.12. The molecule has 1 atom stereocenters. The van der Waals surface area contributed by atoms with E-state index in [9.17, 15) is 17.2 Å². The first-order chi connectivity index (χ1) is 13.4. The first-order valence-corrected chi connectivity index (χ1v) is 10.8. The highest BCUT2D eigenvalue weighted by Crippen LogP contribution is 2.53. The fourth-order valence-corrected chi connectivity index (χ4v) is 6.50. The minimum Gasteiger partial charge on any atom is -0.317 e. The van der Waals surface area contributed by atoms with Crippen molar-refractivity contribution in [3.8, 4) is 0 Å². The van der Waals surface area contributed by atoms with E-state index in [0.29, 0.717) is 43.6 Å². The molecule has 0 bridgehead atoms. The molecule has 2 aromatic rings. The van der Waals surface area contributed by atoms with Gasteiger partial charge in [0.1, 0.15) is 16.5 Å². The third-order valence-electron chi connectivity index (χ3n) is 5.91. The quantitative estimate of drug-likeness (QED) is 0.790. The Kier molecular flexibility index (Phi) is 4.75. The SMILES string of the molecule is C=CC[C@H]1N(S(=O)(=O)c2ccccc2F)c2ccc(F)cc2C12CCNCC2. The molecule has 1 fully saturated rings. The molecular weight excluding hydrogens is 382 g/mol. The Hall–Kier alpha value is -2.25. The fourth-order valence-electron chi connectivity index (χ4n) is 4.68. The average molecular weight is 404 g/mol. The molecule has 0 aliphatic carbocycles. The van der Waals surface area contributed by atoms with Crippen molar-refractivity contribution in [1.82, 2.24) is 5.32 Å². The molecule has 1 N–H and O–H groups in total. The molecule has 148 valence electrons. The van der Waals surface area contributed by atoms with Crippen molar-refractivity contribution >= 4 is 15.7 Å². The van der Waals surface area contributed by atoms with Crippen LogP contribution in [-0.4, -0.2) is 27.5 Å². The Labute approximate surface area is 163 Å². The summed E-state index contributed by atoms with van der Waals surface area (Å²) >= 11 is 0. The Morgan fingerprint density at radius 3 is 2.57 bits per heavy atom. The van der Waals surface area contributed by atoms with Gasteiger partial charge in [-0.15, -0.1) is 6.58 Å². The first-order valence-electron chi connectivity index (χ1n) is 9.32. The van der Waals surface area contributed by atoms with Crippen molar-refractivity contribution in [1.29, 1.82) is 0 Å². The van der Waals surface area contributed by atoms with Crippen LogP contribution in [0.25, 0.3) is 0 Å². The Morgan fingerprint density at radius 1 is 1.18 bits per heavy atom. The number of piperidine rings is 1. The van der Waals surface area contributed by atoms with Gasteiger partial charge in [-0.2, -0.15) is 0 Å². The predicted octanol–water partition coefficient (Wildman–Crippen LogP) is 3.74. The van der Waals surface area contributed by atoms with Gasteiger partial charge in [0.05, 0.1) is 11.7 Å². The van der Waals surface area contributed by atoms with Gasteiger partial charge in [-0.1, -0.05) is 18.2 Å². The van der Waals surface area contributed by atoms with E-state index in [-0.39, 0.29) is 4.90 Å². The molecule has 0 unspecified atom stereocenters. The smallest absolute Gasteiger partial charge is 0.267 e. The van der Waals surface area contributed by atoms with E-state index in [2.05, 4.69) is 11.9 Å². The van der Waals surface area contributed by atoms with E-state index in [1.54, 1.807) is 6.08 Å². The highest BCUT2D eigenvalue weighted by molar-refractivity contribution is 7.93. The number of fused-ring (bicyclic) bond motifs is 2. The van der Waals surface area contributed by atoms with E-state index in [4.69, 9.17) is 0 Å². The van der Waals surface area contributed by atoms with Gasteiger partial charge in [0.2, 0.25) is 0 Å². The summed E-state index contributed by atoms with van der Waals surface area (Å²) in [6.45, 7) is 5.22. The van der Waals surface area contributed by atoms with Gasteiger partial charge >= 0.3 is 0 Å². The van der Waals surface area contributed by atoms with Crippen molar-refractivity contribution in [2.24, 2.45) is 0 Å². The molecule has 1 spiro atoms. The number of rotatable bonds is 4. The second kappa shape index (κ2) is 6.97. The van der Waals surface area contributed by atoms with Crippen LogP contribution in [0.4, 0.5) is 14.5 Å². The molecular formula is C21H22F2N2O2S. The minimum atomic E-state index is -4.17. The van der Waals surface area contributed by atoms with Crippen molar-refractivity contribution in [2.75, 3.05) is 17.4 Å². The zero-order valence-electron chi connectivity index (χ0n) is 15.4. The normalized spacial score (nSPS) is 20.9. The van der Waals surface area contributed by atoms with Crippen LogP contribution in [0.15, 0.2) is 60.0 Å². The molecule has 2 aliphatic rings. The van der Waals surface area contributed by atoms with Gasteiger partial charge in [-0.05, 0) is 68.2 Å². The van der Waals surface area contributed by atoms with Gasteiger partial charge in [0.15, 0.2) is 0 Å². The largest absolute Gasteiger partial charge is 0.317 e. The number of nitrogens with zero attached hydrogens (tertiary/aromatic N) is 1. The van der Waals surface area contributed by atoms with Crippen molar-refractivity contribution in [3.05, 3.63) is 72.3 Å². The number of anilines is 1. The van der Waals surface area contributed by atoms with Gasteiger partial charge in [-0.3, -0.25) is 4.31 Å². The Bertz CT molecular complexity index is 1020. The summed E-state index contributed by atoms with van der Waals surface area (Å²) in [4.78, 5) is -0.370. The summed E-state index contributed by atoms with van der Waals surface area (Å²) < 4.78 is 57.0. The standard InChI is InChI=1S/C21H22F2N2O2S/c1-2-5-20-21(10-12-24-13-11-21)16-14-15(22)8-9-18(16)25(20)28(26,27)19-7-4-3-6-17(19)23/h2-4,6-9,14,20,24H,1,5,10-13H2/t20-/m1/s1. The molecule has 0 saturated carbocycles. The molecule has 0 radical (unpaired) electrons. The van der Waals surface area contributed by atoms with Gasteiger partial charge in [-0.25, -0.2) is 17.2 Å². The molecule has 28 heavy (non-hydrogen) atoms. The molecule has 1 saturated heterocycles. The van der Waals surface area contributed by atoms with Crippen LogP contribution in [0.3, 0.4) is 0 Å². The topological polar surface area (TPSA) is 49.4 Å². The molecule has 2 aromatic carbocycles. The third-order valence-corrected chi connectivity index (χ3v) is 7.77. The summed E-state index contributed by atoms with van der Waals surface area (Å²) in [7, 11) is -4.17. The van der Waals surface area contributed by atoms with Gasteiger partial charge in [0.25, 0.3) is 10.0 Å². The Balaban J connectivity index is 1.96. The number of halogens is 2. The van der Waals surface area contributed by atoms with Crippen LogP contribution < -0.4 is 9.62 Å². The molecule has 4 nitrogen and oxygen atoms in total. The van der Waals surface area contributed by atoms with Crippen LogP contribution in [0.5, 0.6) is 0 Å². The molecule has 7 heteroatoms. The van der Waals surface area contributed by atoms with E-state index in [1.165, 1.54) is 40.7 Å². The summed E-state index contributed by atoms with van der Waals surface area (Å²) in [6.07, 6.45) is 3.42. The average Bonchev–Trinajstić information content (AvgIpc) is 2.93. The maximum Gasteiger partial charge on any atom is 0.267 e. The number of nitrogens with one attached hydrogen (secondary N) is 1. The first kappa shape index (κ1) is 19.1. The van der Waals surface area contributed by atoms with Crippen LogP contribution in [-0.2, 0) is 15.4 Å². The molecule has 2 aliphatic heterocycles. The number of hydrogen-bond acceptors (Lipinski definition) is 3. The van der Waals surface area contributed by atoms with Gasteiger partial charge in [0, 0.05) is 5.41 Å². The van der Waals surface area contributed by atoms with E-state index in [1.807, 2.05) is 0 Å². The van der Waals surface area contributed by atoms with Crippen molar-refractivity contribution < 1.29 is 17.2 Å². The monoisotopic (exact) mass is 404 g/mol. The maximum atomic E-state index is 14.4. The van der Waals surface area contributed by atoms with E-state index in [0.717, 1.165) is 6.07 Å². The zero-order chi connectivity index (χ0) is 19.9. The number of sulfonamides is 1. The summed E-state index contributed by atoms with van der Waals surface area (Å²) in [6, 6.07) is 9.08. The lowest BCUT2D eigenvalue weighted by molar-refractivity contribution is 0.273. The third kappa shape index (κ3) is 2.76. The summed E-state index contributed by atoms with van der Waals surface area (Å²) in [5, 5.41) is 3.29. The highest BCUT2D eigenvalue weighted by atomic mass is 32.2. The maximum absolute atomic E-state index is 14.4. The lowest BCUT2D eigenvalue weighted by Gasteiger charge is -2.41. The summed E-state index contributed by atoms with van der Waals surface area (Å²) in [5.41, 5.74) is 0.578. The van der Waals surface area contributed by atoms with Crippen molar-refractivity contribution in [3.63, 3.8) is 0 Å². The van der Waals surface area contributed by atoms with Crippen LogP contribution in [0, 0.1) is 11.6 Å². The predicted molar refractivity (Wildman–Crippen MR) is 105 cm³/mol. The van der Waals surface area contributed by atoms with Crippen LogP contribution >= 0.6 is 0 Å². The lowest BCUT2D eigenvalue weighted by atomic mass is 9.69. The van der Waals surface area contributed by atoms with Gasteiger partial charge < -0.3 is 5.32 Å². The molecule has 0 amide bonds. The van der Waals surface area contributed by atoms with E-state index >= 15 is 0 Å². The van der Waals surface area contributed by atoms with Crippen LogP contribution in [0.2, 0.25) is 0 Å². The summed E-state index contributed by atoms with van der Waals surface area (Å²) in [5.74, 6) is -1.20. The molecule has 0 aromatic heterocycles. The van der Waals surface area contributed by atoms with E-state index < -0.39 is 33.1 Å².